The Hall–Kier alpha value is -1.22. The molecule has 0 bridgehead atoms. The number of aryl methyl sites for hydroxylation is 1. The van der Waals surface area contributed by atoms with Gasteiger partial charge in [0.1, 0.15) is 4.21 Å². The molecule has 5 nitrogen and oxygen atoms in total. The van der Waals surface area contributed by atoms with E-state index in [1.807, 2.05) is 32.9 Å². The highest BCUT2D eigenvalue weighted by molar-refractivity contribution is 7.91. The molecule has 0 atom stereocenters. The van der Waals surface area contributed by atoms with Crippen LogP contribution in [0.15, 0.2) is 27.8 Å². The molecule has 2 aromatic heterocycles. The minimum atomic E-state index is -3.71. The Labute approximate surface area is 137 Å². The molecule has 0 aliphatic heterocycles. The molecule has 22 heavy (non-hydrogen) atoms. The van der Waals surface area contributed by atoms with Crippen molar-refractivity contribution in [3.63, 3.8) is 0 Å². The lowest BCUT2D eigenvalue weighted by Crippen LogP contribution is -2.35. The van der Waals surface area contributed by atoms with Gasteiger partial charge in [-0.3, -0.25) is 0 Å². The molecular weight excluding hydrogens is 342 g/mol. The van der Waals surface area contributed by atoms with Gasteiger partial charge in [0.05, 0.1) is 5.56 Å². The highest BCUT2D eigenvalue weighted by Crippen LogP contribution is 2.28. The van der Waals surface area contributed by atoms with Crippen LogP contribution in [0.3, 0.4) is 0 Å². The summed E-state index contributed by atoms with van der Waals surface area (Å²) in [6.45, 7) is 5.88. The zero-order valence-electron chi connectivity index (χ0n) is 12.4. The summed E-state index contributed by atoms with van der Waals surface area (Å²) in [4.78, 5) is 13.0. The summed E-state index contributed by atoms with van der Waals surface area (Å²) in [5, 5.41) is 10.3. The number of sulfonamides is 1. The zero-order valence-corrected chi connectivity index (χ0v) is 14.9. The van der Waals surface area contributed by atoms with Gasteiger partial charge < -0.3 is 5.11 Å². The first-order chi connectivity index (χ1) is 10.2. The first-order valence-corrected chi connectivity index (χ1v) is 9.74. The predicted molar refractivity (Wildman–Crippen MR) is 88.2 cm³/mol. The van der Waals surface area contributed by atoms with Crippen LogP contribution in [-0.4, -0.2) is 29.8 Å². The molecule has 2 aromatic rings. The topological polar surface area (TPSA) is 74.7 Å². The summed E-state index contributed by atoms with van der Waals surface area (Å²) in [5.41, 5.74) is -0.000695. The summed E-state index contributed by atoms with van der Waals surface area (Å²) in [6, 6.07) is 4.88. The van der Waals surface area contributed by atoms with Crippen molar-refractivity contribution >= 4 is 38.7 Å². The van der Waals surface area contributed by atoms with E-state index in [2.05, 4.69) is 0 Å². The summed E-state index contributed by atoms with van der Waals surface area (Å²) in [6.07, 6.45) is 0. The van der Waals surface area contributed by atoms with Crippen molar-refractivity contribution in [2.24, 2.45) is 0 Å². The van der Waals surface area contributed by atoms with Gasteiger partial charge in [0.2, 0.25) is 0 Å². The van der Waals surface area contributed by atoms with Crippen LogP contribution in [-0.2, 0) is 16.6 Å². The lowest BCUT2D eigenvalue weighted by atomic mass is 10.3. The van der Waals surface area contributed by atoms with Crippen LogP contribution in [0.25, 0.3) is 0 Å². The second kappa shape index (κ2) is 6.49. The van der Waals surface area contributed by atoms with Crippen LogP contribution in [0.2, 0.25) is 0 Å². The molecule has 0 saturated carbocycles. The number of aromatic carboxylic acids is 1. The van der Waals surface area contributed by atoms with Crippen LogP contribution in [0.4, 0.5) is 0 Å². The molecule has 1 N–H and O–H groups in total. The second-order valence-corrected chi connectivity index (χ2v) is 9.52. The molecule has 0 radical (unpaired) electrons. The lowest BCUT2D eigenvalue weighted by molar-refractivity contribution is 0.0697. The first-order valence-electron chi connectivity index (χ1n) is 6.61. The number of rotatable bonds is 6. The van der Waals surface area contributed by atoms with Crippen LogP contribution < -0.4 is 0 Å². The van der Waals surface area contributed by atoms with Crippen molar-refractivity contribution in [1.29, 1.82) is 0 Å². The maximum absolute atomic E-state index is 12.8. The molecule has 120 valence electrons. The Kier molecular flexibility index (Phi) is 5.06. The van der Waals surface area contributed by atoms with Gasteiger partial charge in [-0.2, -0.15) is 4.31 Å². The first kappa shape index (κ1) is 17.1. The monoisotopic (exact) mass is 359 g/mol. The SMILES string of the molecule is Cc1ccc(CN(C(C)C)S(=O)(=O)c2cc(C(=O)O)cs2)s1. The largest absolute Gasteiger partial charge is 0.478 e. The molecule has 8 heteroatoms. The van der Waals surface area contributed by atoms with Crippen LogP contribution in [0.1, 0.15) is 34.0 Å². The summed E-state index contributed by atoms with van der Waals surface area (Å²) >= 11 is 2.50. The third kappa shape index (κ3) is 3.57. The number of thiophene rings is 2. The summed E-state index contributed by atoms with van der Waals surface area (Å²) < 4.78 is 27.0. The molecule has 0 spiro atoms. The van der Waals surface area contributed by atoms with Crippen molar-refractivity contribution in [1.82, 2.24) is 4.31 Å². The third-order valence-electron chi connectivity index (χ3n) is 3.07. The molecule has 2 heterocycles. The predicted octanol–water partition coefficient (Wildman–Crippen LogP) is 3.42. The Bertz CT molecular complexity index is 774. The normalized spacial score (nSPS) is 12.2. The van der Waals surface area contributed by atoms with E-state index in [-0.39, 0.29) is 15.8 Å². The van der Waals surface area contributed by atoms with Gasteiger partial charge in [0.15, 0.2) is 0 Å². The number of carboxylic acids is 1. The highest BCUT2D eigenvalue weighted by atomic mass is 32.2. The van der Waals surface area contributed by atoms with Gasteiger partial charge in [0, 0.05) is 27.7 Å². The van der Waals surface area contributed by atoms with Crippen LogP contribution >= 0.6 is 22.7 Å². The molecule has 0 aliphatic rings. The van der Waals surface area contributed by atoms with Gasteiger partial charge in [-0.05, 0) is 39.0 Å². The Balaban J connectivity index is 2.35. The number of nitrogens with zero attached hydrogens (tertiary/aromatic N) is 1. The average Bonchev–Trinajstić information content (AvgIpc) is 3.04. The Morgan fingerprint density at radius 3 is 2.50 bits per heavy atom. The zero-order chi connectivity index (χ0) is 16.5. The van der Waals surface area contributed by atoms with E-state index >= 15 is 0 Å². The van der Waals surface area contributed by atoms with Gasteiger partial charge >= 0.3 is 5.97 Å². The van der Waals surface area contributed by atoms with Crippen molar-refractivity contribution in [2.75, 3.05) is 0 Å². The molecule has 0 aliphatic carbocycles. The number of hydrogen-bond acceptors (Lipinski definition) is 5. The Morgan fingerprint density at radius 2 is 2.05 bits per heavy atom. The van der Waals surface area contributed by atoms with Crippen LogP contribution in [0.5, 0.6) is 0 Å². The highest BCUT2D eigenvalue weighted by Gasteiger charge is 2.29. The van der Waals surface area contributed by atoms with Crippen molar-refractivity contribution in [3.05, 3.63) is 38.9 Å². The fourth-order valence-electron chi connectivity index (χ4n) is 1.95. The molecule has 0 unspecified atom stereocenters. The lowest BCUT2D eigenvalue weighted by Gasteiger charge is -2.24. The molecule has 0 aromatic carbocycles. The van der Waals surface area contributed by atoms with Gasteiger partial charge in [0.25, 0.3) is 10.0 Å². The smallest absolute Gasteiger partial charge is 0.336 e. The fourth-order valence-corrected chi connectivity index (χ4v) is 5.82. The molecule has 0 saturated heterocycles. The summed E-state index contributed by atoms with van der Waals surface area (Å²) in [5.74, 6) is -1.12. The van der Waals surface area contributed by atoms with E-state index in [9.17, 15) is 13.2 Å². The second-order valence-electron chi connectivity index (χ2n) is 5.12. The molecule has 0 fully saturated rings. The third-order valence-corrected chi connectivity index (χ3v) is 7.49. The number of carbonyl (C=O) groups is 1. The minimum Gasteiger partial charge on any atom is -0.478 e. The quantitative estimate of drug-likeness (QED) is 0.857. The number of carboxylic acid groups (broad SMARTS) is 1. The van der Waals surface area contributed by atoms with E-state index in [4.69, 9.17) is 5.11 Å². The van der Waals surface area contributed by atoms with Gasteiger partial charge in [-0.1, -0.05) is 0 Å². The van der Waals surface area contributed by atoms with Crippen LogP contribution in [0, 0.1) is 6.92 Å². The molecule has 0 amide bonds. The summed E-state index contributed by atoms with van der Waals surface area (Å²) in [7, 11) is -3.71. The molecular formula is C14H17NO4S3. The van der Waals surface area contributed by atoms with Crippen molar-refractivity contribution < 1.29 is 18.3 Å². The maximum atomic E-state index is 12.8. The number of hydrogen-bond donors (Lipinski definition) is 1. The minimum absolute atomic E-state index is 0.000695. The van der Waals surface area contributed by atoms with E-state index < -0.39 is 16.0 Å². The van der Waals surface area contributed by atoms with Crippen molar-refractivity contribution in [2.45, 2.75) is 37.6 Å². The molecule has 2 rings (SSSR count). The van der Waals surface area contributed by atoms with E-state index in [1.165, 1.54) is 15.8 Å². The Morgan fingerprint density at radius 1 is 1.36 bits per heavy atom. The van der Waals surface area contributed by atoms with E-state index in [1.54, 1.807) is 11.3 Å². The standard InChI is InChI=1S/C14H17NO4S3/c1-9(2)15(7-12-5-4-10(3)21-12)22(18,19)13-6-11(8-20-13)14(16)17/h4-6,8-9H,7H2,1-3H3,(H,16,17). The van der Waals surface area contributed by atoms with E-state index in [0.717, 1.165) is 21.1 Å². The van der Waals surface area contributed by atoms with Gasteiger partial charge in [-0.15, -0.1) is 22.7 Å². The average molecular weight is 359 g/mol. The fraction of sp³-hybridized carbons (Fsp3) is 0.357. The van der Waals surface area contributed by atoms with Gasteiger partial charge in [-0.25, -0.2) is 13.2 Å². The van der Waals surface area contributed by atoms with Crippen molar-refractivity contribution in [3.8, 4) is 0 Å². The maximum Gasteiger partial charge on any atom is 0.336 e. The van der Waals surface area contributed by atoms with E-state index in [0.29, 0.717) is 6.54 Å².